The molecule has 0 amide bonds. The first-order chi connectivity index (χ1) is 8.15. The van der Waals surface area contributed by atoms with Gasteiger partial charge in [0, 0.05) is 30.3 Å². The SMILES string of the molecule is CC(C)c1nc(N)cc(Cc2ccccn2)n1. The van der Waals surface area contributed by atoms with Gasteiger partial charge in [0.15, 0.2) is 0 Å². The second-order valence-corrected chi connectivity index (χ2v) is 4.29. The Labute approximate surface area is 101 Å². The minimum atomic E-state index is 0.279. The number of hydrogen-bond acceptors (Lipinski definition) is 4. The summed E-state index contributed by atoms with van der Waals surface area (Å²) in [5, 5.41) is 0. The van der Waals surface area contributed by atoms with E-state index in [1.165, 1.54) is 0 Å². The van der Waals surface area contributed by atoms with Crippen LogP contribution in [-0.4, -0.2) is 15.0 Å². The van der Waals surface area contributed by atoms with Gasteiger partial charge in [0.2, 0.25) is 0 Å². The summed E-state index contributed by atoms with van der Waals surface area (Å²) in [6.45, 7) is 4.11. The highest BCUT2D eigenvalue weighted by molar-refractivity contribution is 5.32. The van der Waals surface area contributed by atoms with Gasteiger partial charge in [0.1, 0.15) is 11.6 Å². The maximum atomic E-state index is 5.78. The van der Waals surface area contributed by atoms with Crippen LogP contribution in [-0.2, 0) is 6.42 Å². The molecule has 0 unspecified atom stereocenters. The van der Waals surface area contributed by atoms with Crippen LogP contribution in [0.1, 0.15) is 37.0 Å². The van der Waals surface area contributed by atoms with Crippen LogP contribution in [0.3, 0.4) is 0 Å². The molecule has 0 saturated carbocycles. The van der Waals surface area contributed by atoms with Crippen molar-refractivity contribution in [1.82, 2.24) is 15.0 Å². The summed E-state index contributed by atoms with van der Waals surface area (Å²) in [6.07, 6.45) is 2.47. The molecule has 0 bridgehead atoms. The minimum Gasteiger partial charge on any atom is -0.384 e. The molecule has 2 heterocycles. The predicted octanol–water partition coefficient (Wildman–Crippen LogP) is 2.17. The maximum Gasteiger partial charge on any atom is 0.133 e. The number of nitrogens with zero attached hydrogens (tertiary/aromatic N) is 3. The Morgan fingerprint density at radius 1 is 1.18 bits per heavy atom. The average Bonchev–Trinajstić information content (AvgIpc) is 2.29. The highest BCUT2D eigenvalue weighted by Gasteiger charge is 2.07. The Hall–Kier alpha value is -1.97. The standard InChI is InChI=1S/C13H16N4/c1-9(2)13-16-11(8-12(14)17-13)7-10-5-3-4-6-15-10/h3-6,8-9H,7H2,1-2H3,(H2,14,16,17). The molecule has 2 aromatic heterocycles. The van der Waals surface area contributed by atoms with Gasteiger partial charge in [0.25, 0.3) is 0 Å². The lowest BCUT2D eigenvalue weighted by Crippen LogP contribution is -2.05. The van der Waals surface area contributed by atoms with Crippen LogP contribution in [0, 0.1) is 0 Å². The first kappa shape index (κ1) is 11.5. The molecule has 0 aliphatic heterocycles. The Bertz CT molecular complexity index is 494. The van der Waals surface area contributed by atoms with Crippen molar-refractivity contribution < 1.29 is 0 Å². The van der Waals surface area contributed by atoms with Gasteiger partial charge in [-0.05, 0) is 12.1 Å². The predicted molar refractivity (Wildman–Crippen MR) is 67.6 cm³/mol. The summed E-state index contributed by atoms with van der Waals surface area (Å²) in [5.41, 5.74) is 7.68. The van der Waals surface area contributed by atoms with Crippen LogP contribution in [0.25, 0.3) is 0 Å². The zero-order valence-electron chi connectivity index (χ0n) is 10.1. The van der Waals surface area contributed by atoms with Crippen molar-refractivity contribution in [3.63, 3.8) is 0 Å². The van der Waals surface area contributed by atoms with Gasteiger partial charge in [0.05, 0.1) is 5.69 Å². The molecule has 4 heteroatoms. The molecule has 17 heavy (non-hydrogen) atoms. The van der Waals surface area contributed by atoms with E-state index in [4.69, 9.17) is 5.73 Å². The fourth-order valence-electron chi connectivity index (χ4n) is 1.58. The Balaban J connectivity index is 2.27. The van der Waals surface area contributed by atoms with Gasteiger partial charge >= 0.3 is 0 Å². The summed E-state index contributed by atoms with van der Waals surface area (Å²) in [5.74, 6) is 1.59. The van der Waals surface area contributed by atoms with Crippen LogP contribution in [0.4, 0.5) is 5.82 Å². The molecule has 2 N–H and O–H groups in total. The van der Waals surface area contributed by atoms with E-state index in [0.717, 1.165) is 17.2 Å². The van der Waals surface area contributed by atoms with Crippen LogP contribution < -0.4 is 5.73 Å². The van der Waals surface area contributed by atoms with Gasteiger partial charge in [-0.2, -0.15) is 0 Å². The average molecular weight is 228 g/mol. The number of pyridine rings is 1. The maximum absolute atomic E-state index is 5.78. The molecular weight excluding hydrogens is 212 g/mol. The molecule has 0 fully saturated rings. The first-order valence-electron chi connectivity index (χ1n) is 5.68. The monoisotopic (exact) mass is 228 g/mol. The van der Waals surface area contributed by atoms with Crippen LogP contribution in [0.15, 0.2) is 30.5 Å². The lowest BCUT2D eigenvalue weighted by atomic mass is 10.1. The molecule has 0 spiro atoms. The normalized spacial score (nSPS) is 10.8. The van der Waals surface area contributed by atoms with Crippen LogP contribution in [0.2, 0.25) is 0 Å². The van der Waals surface area contributed by atoms with E-state index in [9.17, 15) is 0 Å². The van der Waals surface area contributed by atoms with E-state index in [2.05, 4.69) is 28.8 Å². The topological polar surface area (TPSA) is 64.7 Å². The summed E-state index contributed by atoms with van der Waals surface area (Å²) in [7, 11) is 0. The second-order valence-electron chi connectivity index (χ2n) is 4.29. The third kappa shape index (κ3) is 3.00. The van der Waals surface area contributed by atoms with E-state index in [-0.39, 0.29) is 5.92 Å². The fraction of sp³-hybridized carbons (Fsp3) is 0.308. The zero-order valence-corrected chi connectivity index (χ0v) is 10.1. The molecular formula is C13H16N4. The highest BCUT2D eigenvalue weighted by atomic mass is 14.9. The van der Waals surface area contributed by atoms with E-state index < -0.39 is 0 Å². The number of nitrogen functional groups attached to an aromatic ring is 1. The largest absolute Gasteiger partial charge is 0.384 e. The number of aromatic nitrogens is 3. The molecule has 0 aliphatic carbocycles. The smallest absolute Gasteiger partial charge is 0.133 e. The van der Waals surface area contributed by atoms with Gasteiger partial charge in [-0.3, -0.25) is 4.98 Å². The van der Waals surface area contributed by atoms with Crippen molar-refractivity contribution in [3.8, 4) is 0 Å². The van der Waals surface area contributed by atoms with Crippen LogP contribution in [0.5, 0.6) is 0 Å². The molecule has 0 saturated heterocycles. The second kappa shape index (κ2) is 4.91. The van der Waals surface area contributed by atoms with Crippen molar-refractivity contribution in [1.29, 1.82) is 0 Å². The summed E-state index contributed by atoms with van der Waals surface area (Å²) in [6, 6.07) is 7.65. The number of nitrogens with two attached hydrogens (primary N) is 1. The summed E-state index contributed by atoms with van der Waals surface area (Å²) >= 11 is 0. The minimum absolute atomic E-state index is 0.279. The van der Waals surface area contributed by atoms with E-state index >= 15 is 0 Å². The van der Waals surface area contributed by atoms with Crippen molar-refractivity contribution in [2.75, 3.05) is 5.73 Å². The molecule has 4 nitrogen and oxygen atoms in total. The molecule has 0 aromatic carbocycles. The van der Waals surface area contributed by atoms with E-state index in [1.54, 1.807) is 12.3 Å². The van der Waals surface area contributed by atoms with Crippen molar-refractivity contribution in [3.05, 3.63) is 47.7 Å². The van der Waals surface area contributed by atoms with E-state index in [1.807, 2.05) is 18.2 Å². The Kier molecular flexibility index (Phi) is 3.32. The third-order valence-electron chi connectivity index (χ3n) is 2.42. The summed E-state index contributed by atoms with van der Waals surface area (Å²) < 4.78 is 0. The lowest BCUT2D eigenvalue weighted by molar-refractivity contribution is 0.762. The van der Waals surface area contributed by atoms with Crippen molar-refractivity contribution in [2.24, 2.45) is 0 Å². The molecule has 2 aromatic rings. The molecule has 0 atom stereocenters. The molecule has 2 rings (SSSR count). The third-order valence-corrected chi connectivity index (χ3v) is 2.42. The van der Waals surface area contributed by atoms with Gasteiger partial charge in [-0.25, -0.2) is 9.97 Å². The van der Waals surface area contributed by atoms with Gasteiger partial charge in [-0.1, -0.05) is 19.9 Å². The van der Waals surface area contributed by atoms with Gasteiger partial charge < -0.3 is 5.73 Å². The lowest BCUT2D eigenvalue weighted by Gasteiger charge is -2.07. The Morgan fingerprint density at radius 2 is 2.00 bits per heavy atom. The van der Waals surface area contributed by atoms with Gasteiger partial charge in [-0.15, -0.1) is 0 Å². The van der Waals surface area contributed by atoms with E-state index in [0.29, 0.717) is 12.2 Å². The summed E-state index contributed by atoms with van der Waals surface area (Å²) in [4.78, 5) is 13.0. The quantitative estimate of drug-likeness (QED) is 0.874. The van der Waals surface area contributed by atoms with Crippen molar-refractivity contribution in [2.45, 2.75) is 26.2 Å². The Morgan fingerprint density at radius 3 is 2.65 bits per heavy atom. The fourth-order valence-corrected chi connectivity index (χ4v) is 1.58. The number of rotatable bonds is 3. The van der Waals surface area contributed by atoms with Crippen molar-refractivity contribution >= 4 is 5.82 Å². The number of hydrogen-bond donors (Lipinski definition) is 1. The first-order valence-corrected chi connectivity index (χ1v) is 5.68. The zero-order chi connectivity index (χ0) is 12.3. The molecule has 0 aliphatic rings. The molecule has 0 radical (unpaired) electrons. The number of anilines is 1. The highest BCUT2D eigenvalue weighted by Crippen LogP contribution is 2.13. The van der Waals surface area contributed by atoms with Crippen LogP contribution >= 0.6 is 0 Å². The molecule has 88 valence electrons.